The van der Waals surface area contributed by atoms with E-state index in [1.165, 1.54) is 18.3 Å². The van der Waals surface area contributed by atoms with Crippen LogP contribution in [0.15, 0.2) is 48.5 Å². The van der Waals surface area contributed by atoms with Crippen LogP contribution in [0.2, 0.25) is 0 Å². The first-order valence-corrected chi connectivity index (χ1v) is 14.0. The molecule has 2 aromatic rings. The normalized spacial score (nSPS) is 14.4. The van der Waals surface area contributed by atoms with Crippen molar-refractivity contribution in [2.45, 2.75) is 13.8 Å². The summed E-state index contributed by atoms with van der Waals surface area (Å²) < 4.78 is 62.5. The fraction of sp³-hybridized carbons (Fsp3) is 0.143. The zero-order valence-electron chi connectivity index (χ0n) is 11.7. The average molecular weight is 545 g/mol. The summed E-state index contributed by atoms with van der Waals surface area (Å²) >= 11 is -11.2. The van der Waals surface area contributed by atoms with Gasteiger partial charge in [0, 0.05) is 0 Å². The van der Waals surface area contributed by atoms with Crippen molar-refractivity contribution in [1.82, 2.24) is 0 Å². The van der Waals surface area contributed by atoms with Gasteiger partial charge in [-0.25, -0.2) is 0 Å². The van der Waals surface area contributed by atoms with Gasteiger partial charge in [-0.1, -0.05) is 35.4 Å². The van der Waals surface area contributed by atoms with Crippen molar-refractivity contribution >= 4 is 19.5 Å². The van der Waals surface area contributed by atoms with Crippen LogP contribution in [0.5, 0.6) is 0 Å². The van der Waals surface area contributed by atoms with Gasteiger partial charge >= 0.3 is 57.6 Å². The molecule has 0 aliphatic heterocycles. The molecule has 0 unspecified atom stereocenters. The fourth-order valence-electron chi connectivity index (χ4n) is 1.32. The third kappa shape index (κ3) is 12.1. The number of hydrogen-bond acceptors (Lipinski definition) is 0. The van der Waals surface area contributed by atoms with E-state index in [4.69, 9.17) is 0 Å². The number of hydrogen-bond donors (Lipinski definition) is 0. The molecule has 0 N–H and O–H groups in total. The second-order valence-electron chi connectivity index (χ2n) is 4.64. The summed E-state index contributed by atoms with van der Waals surface area (Å²) in [6.07, 6.45) is 0. The Bertz CT molecular complexity index is 562. The van der Waals surface area contributed by atoms with Gasteiger partial charge in [-0.05, 0) is 38.1 Å². The average Bonchev–Trinajstić information content (AvgIpc) is 2.31. The van der Waals surface area contributed by atoms with E-state index in [0.29, 0.717) is 0 Å². The van der Waals surface area contributed by atoms with E-state index in [0.717, 1.165) is 0 Å². The molecule has 0 bridgehead atoms. The second kappa shape index (κ2) is 6.23. The zero-order valence-corrected chi connectivity index (χ0v) is 16.4. The molecule has 0 amide bonds. The minimum atomic E-state index is -11.2. The molecule has 124 valence electrons. The predicted molar refractivity (Wildman–Crippen MR) is 72.2 cm³/mol. The summed E-state index contributed by atoms with van der Waals surface area (Å²) in [5.74, 6) is 0. The topological polar surface area (TPSA) is 0 Å². The standard InChI is InChI=1S/C14H14I.6FH.Sb/c1-11-3-7-13(8-4-11)15-14-9-5-12(2)6-10-14;;;;;;;/h3-10H,1-2H3;6*1H;/q+1;;;;;;;+5/p-6. The van der Waals surface area contributed by atoms with E-state index in [-0.39, 0.29) is 21.2 Å². The molecule has 2 rings (SSSR count). The van der Waals surface area contributed by atoms with Gasteiger partial charge in [0.1, 0.15) is 0 Å². The van der Waals surface area contributed by atoms with Crippen LogP contribution in [0.1, 0.15) is 11.1 Å². The van der Waals surface area contributed by atoms with E-state index >= 15 is 0 Å². The minimum absolute atomic E-state index is 0.00313. The summed E-state index contributed by atoms with van der Waals surface area (Å²) in [6.45, 7) is 4.27. The third-order valence-corrected chi connectivity index (χ3v) is 4.92. The molecular weight excluding hydrogens is 531 g/mol. The molecule has 8 heteroatoms. The van der Waals surface area contributed by atoms with Gasteiger partial charge in [0.2, 0.25) is 0 Å². The molecule has 0 heterocycles. The van der Waals surface area contributed by atoms with Crippen molar-refractivity contribution in [3.63, 3.8) is 0 Å². The molecule has 0 atom stereocenters. The summed E-state index contributed by atoms with van der Waals surface area (Å²) in [5, 5.41) is 0. The first-order valence-electron chi connectivity index (χ1n) is 6.03. The van der Waals surface area contributed by atoms with Crippen molar-refractivity contribution in [1.29, 1.82) is 0 Å². The van der Waals surface area contributed by atoms with Crippen LogP contribution in [0.4, 0.5) is 16.9 Å². The maximum absolute atomic E-state index is 11.2. The van der Waals surface area contributed by atoms with Crippen molar-refractivity contribution in [2.75, 3.05) is 0 Å². The Kier molecular flexibility index (Phi) is 5.55. The van der Waals surface area contributed by atoms with Gasteiger partial charge in [0.05, 0.1) is 0 Å². The molecule has 2 aromatic carbocycles. The first kappa shape index (κ1) is 19.6. The summed E-state index contributed by atoms with van der Waals surface area (Å²) in [5.41, 5.74) is 2.68. The quantitative estimate of drug-likeness (QED) is 0.310. The van der Waals surface area contributed by atoms with Gasteiger partial charge in [-0.3, -0.25) is 0 Å². The van der Waals surface area contributed by atoms with Gasteiger partial charge < -0.3 is 0 Å². The fourth-order valence-corrected chi connectivity index (χ4v) is 3.48. The van der Waals surface area contributed by atoms with Gasteiger partial charge in [0.15, 0.2) is 7.14 Å². The van der Waals surface area contributed by atoms with Gasteiger partial charge in [-0.15, -0.1) is 0 Å². The van der Waals surface area contributed by atoms with Gasteiger partial charge in [-0.2, -0.15) is 0 Å². The van der Waals surface area contributed by atoms with Crippen LogP contribution >= 0.6 is 0 Å². The molecule has 0 spiro atoms. The van der Waals surface area contributed by atoms with E-state index < -0.39 is 19.5 Å². The van der Waals surface area contributed by atoms with E-state index in [1.807, 2.05) is 0 Å². The van der Waals surface area contributed by atoms with Crippen molar-refractivity contribution in [3.8, 4) is 0 Å². The number of halogens is 7. The summed E-state index contributed by atoms with van der Waals surface area (Å²) in [6, 6.07) is 17.8. The van der Waals surface area contributed by atoms with Crippen molar-refractivity contribution in [3.05, 3.63) is 66.8 Å². The number of aryl methyl sites for hydroxylation is 2. The molecule has 22 heavy (non-hydrogen) atoms. The Morgan fingerprint density at radius 2 is 0.818 bits per heavy atom. The number of rotatable bonds is 2. The Labute approximate surface area is 137 Å². The molecule has 0 saturated carbocycles. The maximum atomic E-state index is 9.93. The monoisotopic (exact) mass is 544 g/mol. The van der Waals surface area contributed by atoms with E-state index in [2.05, 4.69) is 62.4 Å². The Balaban J connectivity index is 0.000000295. The third-order valence-electron chi connectivity index (χ3n) is 2.24. The van der Waals surface area contributed by atoms with Gasteiger partial charge in [0.25, 0.3) is 0 Å². The molecular formula is C14H14F6ISb. The molecule has 0 aliphatic carbocycles. The van der Waals surface area contributed by atoms with Crippen LogP contribution in [-0.2, 0) is 0 Å². The Morgan fingerprint density at radius 1 is 0.591 bits per heavy atom. The number of benzene rings is 2. The van der Waals surface area contributed by atoms with E-state index in [1.54, 1.807) is 0 Å². The second-order valence-corrected chi connectivity index (χ2v) is 13.1. The summed E-state index contributed by atoms with van der Waals surface area (Å²) in [4.78, 5) is 0. The molecule has 0 aliphatic rings. The Morgan fingerprint density at radius 3 is 1.05 bits per heavy atom. The predicted octanol–water partition coefficient (Wildman–Crippen LogP) is 2.57. The molecule has 0 aromatic heterocycles. The van der Waals surface area contributed by atoms with Crippen LogP contribution in [0.25, 0.3) is 0 Å². The van der Waals surface area contributed by atoms with Crippen LogP contribution in [-0.4, -0.2) is 19.5 Å². The van der Waals surface area contributed by atoms with Crippen LogP contribution < -0.4 is 21.2 Å². The first-order chi connectivity index (χ1) is 9.69. The van der Waals surface area contributed by atoms with Crippen molar-refractivity contribution < 1.29 is 38.1 Å². The zero-order chi connectivity index (χ0) is 17.1. The van der Waals surface area contributed by atoms with Crippen LogP contribution in [0, 0.1) is 21.0 Å². The molecule has 0 fully saturated rings. The molecule has 0 saturated heterocycles. The summed E-state index contributed by atoms with van der Waals surface area (Å²) in [7, 11) is 0. The molecule has 0 radical (unpaired) electrons. The Hall–Kier alpha value is -0.432. The van der Waals surface area contributed by atoms with E-state index in [9.17, 15) is 16.9 Å². The van der Waals surface area contributed by atoms with Crippen molar-refractivity contribution in [2.24, 2.45) is 0 Å². The SMILES string of the molecule is Cc1ccc([I+]c2ccc(C)cc2)cc1.[F][Sb-]([F])([F])([F])([F])[F]. The molecule has 0 nitrogen and oxygen atoms in total. The van der Waals surface area contributed by atoms with Crippen LogP contribution in [0.3, 0.4) is 0 Å².